The number of carbonyl (C=O) groups is 2. The molecule has 2 heterocycles. The standard InChI is InChI=1S/C26H36N3O9P/c1-4-18(5-2)15-35-26(33)17(3)28-39(34,38-20-11-7-6-8-12-20)36-16-21-22(30)23(31)25(37-21)29-13-9-10-19(14-29)24(27)32/h6-14,17-18,21-23,25,30-31H,4-5,15-16H2,1-3H3,(H2-,27,28,32,34)/p+1/t17-,21+,22?,23?,25+,39?/m0/s1. The molecule has 214 valence electrons. The molecule has 1 aromatic carbocycles. The number of carbonyl (C=O) groups excluding carboxylic acids is 2. The second kappa shape index (κ2) is 14.0. The summed E-state index contributed by atoms with van der Waals surface area (Å²) in [4.78, 5) is 24.1. The van der Waals surface area contributed by atoms with Crippen molar-refractivity contribution < 1.29 is 47.5 Å². The number of hydrogen-bond acceptors (Lipinski definition) is 9. The monoisotopic (exact) mass is 566 g/mol. The van der Waals surface area contributed by atoms with E-state index in [1.165, 1.54) is 30.0 Å². The van der Waals surface area contributed by atoms with Crippen LogP contribution in [0.2, 0.25) is 0 Å². The first-order valence-electron chi connectivity index (χ1n) is 12.8. The van der Waals surface area contributed by atoms with Gasteiger partial charge in [-0.3, -0.25) is 14.1 Å². The number of aliphatic hydroxyl groups is 2. The summed E-state index contributed by atoms with van der Waals surface area (Å²) in [6, 6.07) is 10.2. The van der Waals surface area contributed by atoms with Crippen LogP contribution in [0.4, 0.5) is 0 Å². The van der Waals surface area contributed by atoms with Gasteiger partial charge >= 0.3 is 13.7 Å². The van der Waals surface area contributed by atoms with E-state index in [4.69, 9.17) is 24.3 Å². The maximum Gasteiger partial charge on any atom is 0.459 e. The molecular formula is C26H37N3O9P+. The average Bonchev–Trinajstić information content (AvgIpc) is 3.21. The third kappa shape index (κ3) is 8.31. The number of para-hydroxylation sites is 1. The van der Waals surface area contributed by atoms with Gasteiger partial charge in [0, 0.05) is 6.07 Å². The number of nitrogens with zero attached hydrogens (tertiary/aromatic N) is 1. The molecule has 1 aliphatic rings. The second-order valence-electron chi connectivity index (χ2n) is 9.31. The minimum Gasteiger partial charge on any atom is -0.464 e. The fourth-order valence-electron chi connectivity index (χ4n) is 3.93. The maximum absolute atomic E-state index is 13.7. The maximum atomic E-state index is 13.7. The van der Waals surface area contributed by atoms with E-state index in [1.807, 2.05) is 13.8 Å². The smallest absolute Gasteiger partial charge is 0.459 e. The zero-order valence-electron chi connectivity index (χ0n) is 22.2. The van der Waals surface area contributed by atoms with Crippen LogP contribution in [0.25, 0.3) is 0 Å². The molecule has 3 rings (SSSR count). The van der Waals surface area contributed by atoms with Crippen molar-refractivity contribution in [2.75, 3.05) is 13.2 Å². The lowest BCUT2D eigenvalue weighted by Crippen LogP contribution is -2.46. The van der Waals surface area contributed by atoms with E-state index < -0.39 is 56.8 Å². The molecule has 3 unspecified atom stereocenters. The van der Waals surface area contributed by atoms with Gasteiger partial charge < -0.3 is 29.9 Å². The molecular weight excluding hydrogens is 529 g/mol. The topological polar surface area (TPSA) is 171 Å². The van der Waals surface area contributed by atoms with E-state index in [2.05, 4.69) is 5.09 Å². The Kier molecular flexibility index (Phi) is 11.0. The van der Waals surface area contributed by atoms with Crippen LogP contribution in [-0.2, 0) is 23.4 Å². The molecule has 0 bridgehead atoms. The SMILES string of the molecule is CCC(CC)COC(=O)[C@H](C)NP(=O)(OC[C@H]1O[C@@H]([n+]2cccc(C(N)=O)c2)C(O)C1O)Oc1ccccc1. The van der Waals surface area contributed by atoms with Crippen LogP contribution in [-0.4, -0.2) is 59.7 Å². The predicted molar refractivity (Wildman–Crippen MR) is 139 cm³/mol. The van der Waals surface area contributed by atoms with Crippen molar-refractivity contribution in [3.8, 4) is 5.75 Å². The van der Waals surface area contributed by atoms with Gasteiger partial charge in [0.2, 0.25) is 0 Å². The zero-order chi connectivity index (χ0) is 28.6. The Morgan fingerprint density at radius 3 is 2.46 bits per heavy atom. The Bertz CT molecular complexity index is 1150. The predicted octanol–water partition coefficient (Wildman–Crippen LogP) is 1.85. The number of aromatic nitrogens is 1. The molecule has 2 aromatic rings. The Morgan fingerprint density at radius 2 is 1.82 bits per heavy atom. The first-order chi connectivity index (χ1) is 18.6. The highest BCUT2D eigenvalue weighted by atomic mass is 31.2. The van der Waals surface area contributed by atoms with Crippen molar-refractivity contribution in [2.45, 2.75) is 64.2 Å². The molecule has 1 aromatic heterocycles. The Hall–Kier alpha value is -2.86. The highest BCUT2D eigenvalue weighted by Gasteiger charge is 2.49. The quantitative estimate of drug-likeness (QED) is 0.150. The number of aliphatic hydroxyl groups excluding tert-OH is 2. The molecule has 0 aliphatic carbocycles. The number of amides is 1. The van der Waals surface area contributed by atoms with Gasteiger partial charge in [-0.05, 0) is 31.0 Å². The largest absolute Gasteiger partial charge is 0.464 e. The van der Waals surface area contributed by atoms with Crippen LogP contribution in [0.5, 0.6) is 5.75 Å². The van der Waals surface area contributed by atoms with Gasteiger partial charge in [-0.1, -0.05) is 44.9 Å². The van der Waals surface area contributed by atoms with Crippen LogP contribution >= 0.6 is 7.75 Å². The van der Waals surface area contributed by atoms with Gasteiger partial charge in [0.1, 0.15) is 29.6 Å². The third-order valence-electron chi connectivity index (χ3n) is 6.44. The number of rotatable bonds is 14. The molecule has 1 amide bonds. The Balaban J connectivity index is 1.71. The number of hydrogen-bond donors (Lipinski definition) is 4. The van der Waals surface area contributed by atoms with Crippen LogP contribution in [0, 0.1) is 5.92 Å². The second-order valence-corrected chi connectivity index (χ2v) is 11.0. The lowest BCUT2D eigenvalue weighted by Gasteiger charge is -2.24. The fourth-order valence-corrected chi connectivity index (χ4v) is 5.43. The van der Waals surface area contributed by atoms with Crippen LogP contribution < -0.4 is 19.9 Å². The summed E-state index contributed by atoms with van der Waals surface area (Å²) in [5, 5.41) is 23.8. The molecule has 1 aliphatic heterocycles. The Morgan fingerprint density at radius 1 is 1.13 bits per heavy atom. The number of nitrogens with one attached hydrogen (secondary N) is 1. The van der Waals surface area contributed by atoms with Crippen molar-refractivity contribution >= 4 is 19.6 Å². The molecule has 5 N–H and O–H groups in total. The third-order valence-corrected chi connectivity index (χ3v) is 8.08. The normalized spacial score (nSPS) is 23.2. The molecule has 6 atom stereocenters. The van der Waals surface area contributed by atoms with Crippen molar-refractivity contribution in [2.24, 2.45) is 11.7 Å². The molecule has 13 heteroatoms. The summed E-state index contributed by atoms with van der Waals surface area (Å²) in [7, 11) is -4.22. The van der Waals surface area contributed by atoms with Gasteiger partial charge in [0.25, 0.3) is 12.1 Å². The van der Waals surface area contributed by atoms with Gasteiger partial charge in [0.05, 0.1) is 13.2 Å². The fraction of sp³-hybridized carbons (Fsp3) is 0.500. The minimum absolute atomic E-state index is 0.178. The van der Waals surface area contributed by atoms with Crippen molar-refractivity contribution in [3.05, 3.63) is 60.4 Å². The molecule has 1 saturated heterocycles. The van der Waals surface area contributed by atoms with Crippen molar-refractivity contribution in [1.29, 1.82) is 0 Å². The molecule has 0 spiro atoms. The summed E-state index contributed by atoms with van der Waals surface area (Å²) >= 11 is 0. The van der Waals surface area contributed by atoms with Gasteiger partial charge in [0.15, 0.2) is 18.5 Å². The van der Waals surface area contributed by atoms with Crippen molar-refractivity contribution in [3.63, 3.8) is 0 Å². The number of nitrogens with two attached hydrogens (primary N) is 1. The van der Waals surface area contributed by atoms with Gasteiger partial charge in [-0.15, -0.1) is 0 Å². The van der Waals surface area contributed by atoms with Gasteiger partial charge in [-0.25, -0.2) is 4.57 Å². The number of ether oxygens (including phenoxy) is 2. The lowest BCUT2D eigenvalue weighted by atomic mass is 10.1. The average molecular weight is 567 g/mol. The van der Waals surface area contributed by atoms with Crippen LogP contribution in [0.3, 0.4) is 0 Å². The van der Waals surface area contributed by atoms with E-state index in [9.17, 15) is 24.4 Å². The highest BCUT2D eigenvalue weighted by Crippen LogP contribution is 2.45. The van der Waals surface area contributed by atoms with Gasteiger partial charge in [-0.2, -0.15) is 9.65 Å². The van der Waals surface area contributed by atoms with E-state index >= 15 is 0 Å². The summed E-state index contributed by atoms with van der Waals surface area (Å²) in [6.45, 7) is 5.26. The number of pyridine rings is 1. The lowest BCUT2D eigenvalue weighted by molar-refractivity contribution is -0.765. The Labute approximate surface area is 227 Å². The van der Waals surface area contributed by atoms with E-state index in [1.54, 1.807) is 36.4 Å². The summed E-state index contributed by atoms with van der Waals surface area (Å²) in [5.41, 5.74) is 5.51. The first-order valence-corrected chi connectivity index (χ1v) is 14.4. The molecule has 1 fully saturated rings. The summed E-state index contributed by atoms with van der Waals surface area (Å²) < 4.78 is 37.5. The highest BCUT2D eigenvalue weighted by molar-refractivity contribution is 7.52. The number of esters is 1. The minimum atomic E-state index is -4.22. The molecule has 12 nitrogen and oxygen atoms in total. The molecule has 0 saturated carbocycles. The van der Waals surface area contributed by atoms with E-state index in [0.29, 0.717) is 0 Å². The zero-order valence-corrected chi connectivity index (χ0v) is 23.1. The molecule has 39 heavy (non-hydrogen) atoms. The van der Waals surface area contributed by atoms with E-state index in [0.717, 1.165) is 12.8 Å². The molecule has 0 radical (unpaired) electrons. The van der Waals surface area contributed by atoms with Crippen molar-refractivity contribution in [1.82, 2.24) is 5.09 Å². The first kappa shape index (κ1) is 30.7. The number of benzene rings is 1. The summed E-state index contributed by atoms with van der Waals surface area (Å²) in [5.74, 6) is -0.863. The number of primary amides is 1. The van der Waals surface area contributed by atoms with Crippen LogP contribution in [0.15, 0.2) is 54.9 Å². The summed E-state index contributed by atoms with van der Waals surface area (Å²) in [6.07, 6.45) is -0.392. The van der Waals surface area contributed by atoms with E-state index in [-0.39, 0.29) is 23.8 Å². The van der Waals surface area contributed by atoms with Crippen LogP contribution in [0.1, 0.15) is 50.2 Å².